The molecule has 0 bridgehead atoms. The average molecular weight is 1100 g/mol. The molecule has 0 spiro atoms. The summed E-state index contributed by atoms with van der Waals surface area (Å²) in [5.74, 6) is 12.2. The van der Waals surface area contributed by atoms with E-state index in [9.17, 15) is 0 Å². The van der Waals surface area contributed by atoms with Gasteiger partial charge in [0.2, 0.25) is 0 Å². The first-order valence-corrected chi connectivity index (χ1v) is 36.3. The summed E-state index contributed by atoms with van der Waals surface area (Å²) in [6.07, 6.45) is 9.00. The van der Waals surface area contributed by atoms with Gasteiger partial charge in [-0.05, 0) is 66.6 Å². The van der Waals surface area contributed by atoms with Gasteiger partial charge in [0.25, 0.3) is 0 Å². The molecule has 0 N–H and O–H groups in total. The lowest BCUT2D eigenvalue weighted by molar-refractivity contribution is 0.596. The monoisotopic (exact) mass is 1090 g/mol. The van der Waals surface area contributed by atoms with Crippen LogP contribution < -0.4 is 0 Å². The van der Waals surface area contributed by atoms with Crippen LogP contribution in [0.1, 0.15) is 209 Å². The van der Waals surface area contributed by atoms with Crippen molar-refractivity contribution in [2.45, 2.75) is 230 Å². The highest BCUT2D eigenvalue weighted by Crippen LogP contribution is 2.36. The van der Waals surface area contributed by atoms with Crippen molar-refractivity contribution >= 4 is 130 Å². The van der Waals surface area contributed by atoms with Crippen LogP contribution in [-0.4, -0.2) is 68.0 Å². The summed E-state index contributed by atoms with van der Waals surface area (Å²) in [7, 11) is 23.3. The van der Waals surface area contributed by atoms with E-state index in [1.807, 2.05) is 130 Å². The zero-order valence-electron chi connectivity index (χ0n) is 42.1. The lowest BCUT2D eigenvalue weighted by Crippen LogP contribution is -2.07. The van der Waals surface area contributed by atoms with E-state index in [-0.39, 0.29) is 37.1 Å². The highest BCUT2D eigenvalue weighted by molar-refractivity contribution is 8.78. The maximum atomic E-state index is 2.29. The maximum Gasteiger partial charge on any atom is 0.0179 e. The fraction of sp³-hybridized carbons (Fsp3) is 1.00. The molecule has 0 radical (unpaired) electrons. The fourth-order valence-corrected chi connectivity index (χ4v) is 15.7. The second kappa shape index (κ2) is 73.2. The van der Waals surface area contributed by atoms with Gasteiger partial charge in [0.1, 0.15) is 0 Å². The minimum absolute atomic E-state index is 0. The summed E-state index contributed by atoms with van der Waals surface area (Å²) in [6.45, 7) is 51.7. The van der Waals surface area contributed by atoms with Gasteiger partial charge in [-0.1, -0.05) is 332 Å². The Labute approximate surface area is 443 Å². The van der Waals surface area contributed by atoms with E-state index in [1.54, 1.807) is 0 Å². The number of rotatable bonds is 22. The zero-order valence-corrected chi connectivity index (χ0v) is 51.9. The summed E-state index contributed by atoms with van der Waals surface area (Å²) < 4.78 is 0.416. The van der Waals surface area contributed by atoms with Crippen molar-refractivity contribution in [2.75, 3.05) is 47.5 Å². The molecule has 0 nitrogen and oxygen atoms in total. The third-order valence-electron chi connectivity index (χ3n) is 5.86. The molecule has 0 saturated carbocycles. The molecule has 2 atom stereocenters. The van der Waals surface area contributed by atoms with E-state index in [4.69, 9.17) is 0 Å². The predicted octanol–water partition coefficient (Wildman–Crippen LogP) is 24.7. The Balaban J connectivity index is -0.0000000456. The molecule has 0 aromatic heterocycles. The Morgan fingerprint density at radius 2 is 0.738 bits per heavy atom. The highest BCUT2D eigenvalue weighted by atomic mass is 33.1. The van der Waals surface area contributed by atoms with Crippen molar-refractivity contribution in [3.63, 3.8) is 0 Å². The van der Waals surface area contributed by atoms with E-state index >= 15 is 0 Å². The van der Waals surface area contributed by atoms with Gasteiger partial charge in [0.05, 0.1) is 0 Å². The van der Waals surface area contributed by atoms with Gasteiger partial charge in [0, 0.05) is 49.3 Å². The molecule has 0 amide bonds. The summed E-state index contributed by atoms with van der Waals surface area (Å²) >= 11 is 0. The molecule has 0 unspecified atom stereocenters. The molecule has 0 saturated heterocycles. The van der Waals surface area contributed by atoms with Crippen LogP contribution in [0.25, 0.3) is 0 Å². The number of hydrogen-bond acceptors (Lipinski definition) is 12. The molecule has 0 aliphatic heterocycles. The second-order valence-electron chi connectivity index (χ2n) is 17.1. The quantitative estimate of drug-likeness (QED) is 0.0749. The van der Waals surface area contributed by atoms with Crippen LogP contribution in [0.5, 0.6) is 0 Å². The van der Waals surface area contributed by atoms with Crippen LogP contribution in [0.3, 0.4) is 0 Å². The van der Waals surface area contributed by atoms with Gasteiger partial charge >= 0.3 is 0 Å². The third kappa shape index (κ3) is 127. The molecular weight excluding hydrogens is 973 g/mol. The molecule has 61 heavy (non-hydrogen) atoms. The first-order valence-electron chi connectivity index (χ1n) is 21.1. The van der Waals surface area contributed by atoms with Crippen LogP contribution in [0.4, 0.5) is 0 Å². The first kappa shape index (κ1) is 94.9. The van der Waals surface area contributed by atoms with E-state index < -0.39 is 0 Å². The molecule has 0 aliphatic rings. The summed E-state index contributed by atoms with van der Waals surface area (Å²) in [6, 6.07) is 0. The molecule has 0 heterocycles. The van der Waals surface area contributed by atoms with Gasteiger partial charge in [-0.15, -0.1) is 0 Å². The zero-order chi connectivity index (χ0) is 45.7. The Kier molecular flexibility index (Phi) is 114. The molecule has 390 valence electrons. The Morgan fingerprint density at radius 3 is 0.934 bits per heavy atom. The van der Waals surface area contributed by atoms with Crippen molar-refractivity contribution in [3.8, 4) is 0 Å². The van der Waals surface area contributed by atoms with Gasteiger partial charge in [-0.25, -0.2) is 0 Å². The Bertz CT molecular complexity index is 646. The Morgan fingerprint density at radius 1 is 0.377 bits per heavy atom. The number of hydrogen-bond donors (Lipinski definition) is 0. The standard InChI is InChI=1S/C8H18S2.2C7H16S2.2C6H14S2.C5H12S2.C5H12.5CH4/c1-7(2)6-9-10-8(3,4)5;1-6(2)5-8-9-7(3)4;1-5-7(6(2)3)9-8-4;1-5(2)6(3)8-7-4;1-4-7-8-5-6(2)3;1-5(2)4-7-6-3;1-4-5(2)3;;;;;/h7H,6H2,1-5H3;2*6-7H,5H2,1-4H3;5-6H,1-4H3;6H,4-5H2,1-3H3;5H,4H2,1-3H3;5H,4H2,1-3H3;5*1H4/t;;7-;6-;;;;;;;;/m..11......../s1. The lowest BCUT2D eigenvalue weighted by Gasteiger charge is -2.16. The fourth-order valence-electron chi connectivity index (χ4n) is 2.17. The van der Waals surface area contributed by atoms with Crippen LogP contribution in [0.15, 0.2) is 0 Å². The summed E-state index contributed by atoms with van der Waals surface area (Å²) in [4.78, 5) is 0. The summed E-state index contributed by atoms with van der Waals surface area (Å²) in [5, 5.41) is 2.42. The second-order valence-corrected chi connectivity index (χ2v) is 34.2. The molecule has 0 aromatic carbocycles. The molecule has 0 fully saturated rings. The SMILES string of the molecule is C.C.C.C.C.CC(C)CSSC(C)(C)C.CC(C)CSSC(C)C.CCC(C)C.CCSSCC(C)C.CC[C@@H](SSC)C(C)C.CSSCC(C)C.CSS[C@H](C)C(C)C. The third-order valence-corrected chi connectivity index (χ3v) is 23.0. The largest absolute Gasteiger partial charge is 0.0976 e. The van der Waals surface area contributed by atoms with E-state index in [2.05, 4.69) is 178 Å². The van der Waals surface area contributed by atoms with Crippen molar-refractivity contribution < 1.29 is 0 Å². The van der Waals surface area contributed by atoms with E-state index in [0.717, 1.165) is 57.2 Å². The van der Waals surface area contributed by atoms with Crippen LogP contribution >= 0.6 is 130 Å². The lowest BCUT2D eigenvalue weighted by atomic mass is 10.1. The normalized spacial score (nSPS) is 11.1. The van der Waals surface area contributed by atoms with Crippen LogP contribution in [-0.2, 0) is 0 Å². The van der Waals surface area contributed by atoms with Crippen LogP contribution in [0, 0.1) is 41.4 Å². The van der Waals surface area contributed by atoms with Gasteiger partial charge in [-0.2, -0.15) is 0 Å². The minimum Gasteiger partial charge on any atom is -0.0976 e. The average Bonchev–Trinajstić information content (AvgIpc) is 3.06. The molecule has 12 heteroatoms. The smallest absolute Gasteiger partial charge is 0.0179 e. The van der Waals surface area contributed by atoms with Crippen molar-refractivity contribution in [3.05, 3.63) is 0 Å². The first-order chi connectivity index (χ1) is 25.8. The summed E-state index contributed by atoms with van der Waals surface area (Å²) in [5.41, 5.74) is 0. The van der Waals surface area contributed by atoms with Gasteiger partial charge in [0.15, 0.2) is 0 Å². The van der Waals surface area contributed by atoms with Crippen molar-refractivity contribution in [2.24, 2.45) is 41.4 Å². The van der Waals surface area contributed by atoms with E-state index in [0.29, 0.717) is 4.75 Å². The van der Waals surface area contributed by atoms with Crippen molar-refractivity contribution in [1.82, 2.24) is 0 Å². The van der Waals surface area contributed by atoms with Gasteiger partial charge in [-0.3, -0.25) is 0 Å². The highest BCUT2D eigenvalue weighted by Gasteiger charge is 2.11. The molecular formula is C49H122S12. The van der Waals surface area contributed by atoms with Gasteiger partial charge < -0.3 is 0 Å². The topological polar surface area (TPSA) is 0 Å². The maximum absolute atomic E-state index is 2.29. The van der Waals surface area contributed by atoms with E-state index in [1.165, 1.54) is 41.6 Å². The molecule has 0 aromatic rings. The van der Waals surface area contributed by atoms with Crippen LogP contribution in [0.2, 0.25) is 0 Å². The van der Waals surface area contributed by atoms with Crippen molar-refractivity contribution in [1.29, 1.82) is 0 Å². The minimum atomic E-state index is 0. The Hall–Kier alpha value is 4.20. The molecule has 0 aliphatic carbocycles. The molecule has 0 rings (SSSR count). The predicted molar refractivity (Wildman–Crippen MR) is 345 cm³/mol.